The average molecular weight is 292 g/mol. The van der Waals surface area contributed by atoms with Gasteiger partial charge in [-0.05, 0) is 30.5 Å². The van der Waals surface area contributed by atoms with Crippen molar-refractivity contribution in [2.45, 2.75) is 39.1 Å². The summed E-state index contributed by atoms with van der Waals surface area (Å²) in [5.41, 5.74) is 1.18. The van der Waals surface area contributed by atoms with E-state index in [9.17, 15) is 15.0 Å². The zero-order chi connectivity index (χ0) is 15.4. The predicted octanol–water partition coefficient (Wildman–Crippen LogP) is 1.36. The lowest BCUT2D eigenvalue weighted by atomic mass is 9.83. The molecule has 1 spiro atoms. The minimum Gasteiger partial charge on any atom is -0.504 e. The number of fused-ring (bicyclic) bond motifs is 1. The van der Waals surface area contributed by atoms with Crippen LogP contribution in [0.5, 0.6) is 11.5 Å². The summed E-state index contributed by atoms with van der Waals surface area (Å²) in [7, 11) is 0. The Bertz CT molecular complexity index is 641. The van der Waals surface area contributed by atoms with Crippen molar-refractivity contribution >= 4 is 0 Å². The Balaban J connectivity index is 2.14. The molecule has 2 N–H and O–H groups in total. The molecular formula is C16H20O5. The summed E-state index contributed by atoms with van der Waals surface area (Å²) in [6.45, 7) is 6.13. The van der Waals surface area contributed by atoms with Gasteiger partial charge in [0, 0.05) is 17.9 Å². The van der Waals surface area contributed by atoms with Crippen molar-refractivity contribution in [3.63, 3.8) is 0 Å². The van der Waals surface area contributed by atoms with Crippen LogP contribution in [0.4, 0.5) is 0 Å². The highest BCUT2D eigenvalue weighted by molar-refractivity contribution is 5.44. The summed E-state index contributed by atoms with van der Waals surface area (Å²) >= 11 is 0. The van der Waals surface area contributed by atoms with Crippen LogP contribution in [0, 0.1) is 18.8 Å². The molecule has 114 valence electrons. The minimum atomic E-state index is -1.10. The highest BCUT2D eigenvalue weighted by atomic mass is 16.7. The molecule has 5 heteroatoms. The van der Waals surface area contributed by atoms with E-state index in [0.29, 0.717) is 18.8 Å². The first kappa shape index (κ1) is 14.4. The van der Waals surface area contributed by atoms with Crippen LogP contribution in [0.1, 0.15) is 25.0 Å². The second kappa shape index (κ2) is 4.71. The fourth-order valence-corrected chi connectivity index (χ4v) is 3.27. The van der Waals surface area contributed by atoms with Crippen LogP contribution in [0.15, 0.2) is 16.9 Å². The average Bonchev–Trinajstić information content (AvgIpc) is 2.66. The molecule has 2 aliphatic rings. The Morgan fingerprint density at radius 3 is 2.67 bits per heavy atom. The van der Waals surface area contributed by atoms with Crippen molar-refractivity contribution < 1.29 is 19.7 Å². The standard InChI is InChI=1S/C16H20O5/c1-8-4-12(17)13(18)6-14-11(8)5-10(3)16(21-14)15(19)9(2)7-20-16/h4,6,9-10,15,19H,5,7H2,1-3H3,(H,17,18)/t9-,10-,15-,16+/m1/s1. The van der Waals surface area contributed by atoms with Gasteiger partial charge in [-0.3, -0.25) is 4.79 Å². The summed E-state index contributed by atoms with van der Waals surface area (Å²) in [6.07, 6.45) is -0.117. The number of rotatable bonds is 0. The molecule has 5 nitrogen and oxygen atoms in total. The van der Waals surface area contributed by atoms with E-state index < -0.39 is 17.3 Å². The van der Waals surface area contributed by atoms with Crippen molar-refractivity contribution in [2.24, 2.45) is 11.8 Å². The van der Waals surface area contributed by atoms with E-state index in [1.54, 1.807) is 0 Å². The van der Waals surface area contributed by atoms with Gasteiger partial charge in [0.2, 0.25) is 11.2 Å². The molecule has 1 aromatic rings. The lowest BCUT2D eigenvalue weighted by Crippen LogP contribution is -2.54. The molecule has 0 aliphatic carbocycles. The van der Waals surface area contributed by atoms with E-state index in [2.05, 4.69) is 0 Å². The van der Waals surface area contributed by atoms with Crippen LogP contribution in [0.3, 0.4) is 0 Å². The zero-order valence-electron chi connectivity index (χ0n) is 12.4. The van der Waals surface area contributed by atoms with Crippen molar-refractivity contribution in [3.05, 3.63) is 33.5 Å². The molecule has 2 heterocycles. The maximum atomic E-state index is 11.8. The Morgan fingerprint density at radius 2 is 2.05 bits per heavy atom. The fraction of sp³-hybridized carbons (Fsp3) is 0.562. The molecule has 0 radical (unpaired) electrons. The molecule has 0 bridgehead atoms. The summed E-state index contributed by atoms with van der Waals surface area (Å²) in [6, 6.07) is 2.74. The third-order valence-corrected chi connectivity index (χ3v) is 4.63. The molecule has 2 aliphatic heterocycles. The number of aromatic hydroxyl groups is 1. The number of hydrogen-bond donors (Lipinski definition) is 2. The lowest BCUT2D eigenvalue weighted by molar-refractivity contribution is -0.231. The smallest absolute Gasteiger partial charge is 0.239 e. The van der Waals surface area contributed by atoms with Crippen LogP contribution >= 0.6 is 0 Å². The highest BCUT2D eigenvalue weighted by Gasteiger charge is 2.55. The lowest BCUT2D eigenvalue weighted by Gasteiger charge is -2.42. The van der Waals surface area contributed by atoms with E-state index in [1.165, 1.54) is 12.1 Å². The normalized spacial score (nSPS) is 34.6. The molecule has 3 rings (SSSR count). The Kier molecular flexibility index (Phi) is 3.22. The Hall–Kier alpha value is -1.59. The first-order chi connectivity index (χ1) is 9.85. The van der Waals surface area contributed by atoms with Gasteiger partial charge in [-0.15, -0.1) is 0 Å². The number of aliphatic hydroxyl groups excluding tert-OH is 1. The topological polar surface area (TPSA) is 76.0 Å². The summed E-state index contributed by atoms with van der Waals surface area (Å²) < 4.78 is 11.7. The van der Waals surface area contributed by atoms with Gasteiger partial charge >= 0.3 is 0 Å². The largest absolute Gasteiger partial charge is 0.504 e. The van der Waals surface area contributed by atoms with Gasteiger partial charge in [0.25, 0.3) is 0 Å². The quantitative estimate of drug-likeness (QED) is 0.755. The van der Waals surface area contributed by atoms with Crippen LogP contribution < -0.4 is 10.2 Å². The first-order valence-corrected chi connectivity index (χ1v) is 7.23. The van der Waals surface area contributed by atoms with Gasteiger partial charge in [0.1, 0.15) is 11.9 Å². The number of aliphatic hydroxyl groups is 1. The summed E-state index contributed by atoms with van der Waals surface area (Å²) in [4.78, 5) is 11.8. The van der Waals surface area contributed by atoms with Gasteiger partial charge in [-0.2, -0.15) is 0 Å². The van der Waals surface area contributed by atoms with Gasteiger partial charge < -0.3 is 19.7 Å². The van der Waals surface area contributed by atoms with E-state index in [4.69, 9.17) is 9.47 Å². The highest BCUT2D eigenvalue weighted by Crippen LogP contribution is 2.45. The van der Waals surface area contributed by atoms with E-state index in [1.807, 2.05) is 20.8 Å². The van der Waals surface area contributed by atoms with Crippen LogP contribution in [-0.4, -0.2) is 28.7 Å². The van der Waals surface area contributed by atoms with Crippen LogP contribution in [0.25, 0.3) is 0 Å². The number of hydrogen-bond acceptors (Lipinski definition) is 5. The van der Waals surface area contributed by atoms with Crippen molar-refractivity contribution in [1.82, 2.24) is 0 Å². The molecule has 4 atom stereocenters. The molecule has 1 fully saturated rings. The first-order valence-electron chi connectivity index (χ1n) is 7.23. The van der Waals surface area contributed by atoms with Crippen LogP contribution in [0.2, 0.25) is 0 Å². The molecule has 0 saturated carbocycles. The second-order valence-corrected chi connectivity index (χ2v) is 6.23. The van der Waals surface area contributed by atoms with E-state index in [-0.39, 0.29) is 17.6 Å². The number of ether oxygens (including phenoxy) is 2. The van der Waals surface area contributed by atoms with Crippen molar-refractivity contribution in [2.75, 3.05) is 6.61 Å². The van der Waals surface area contributed by atoms with Gasteiger partial charge in [-0.1, -0.05) is 13.8 Å². The van der Waals surface area contributed by atoms with Crippen molar-refractivity contribution in [3.8, 4) is 11.5 Å². The Labute approximate surface area is 123 Å². The van der Waals surface area contributed by atoms with Gasteiger partial charge in [-0.25, -0.2) is 0 Å². The second-order valence-electron chi connectivity index (χ2n) is 6.23. The fourth-order valence-electron chi connectivity index (χ4n) is 3.27. The van der Waals surface area contributed by atoms with Crippen LogP contribution in [-0.2, 0) is 11.2 Å². The summed E-state index contributed by atoms with van der Waals surface area (Å²) in [5.74, 6) is -1.08. The molecule has 1 aromatic carbocycles. The third-order valence-electron chi connectivity index (χ3n) is 4.63. The maximum absolute atomic E-state index is 11.8. The molecule has 0 unspecified atom stereocenters. The van der Waals surface area contributed by atoms with Gasteiger partial charge in [0.15, 0.2) is 5.75 Å². The predicted molar refractivity (Wildman–Crippen MR) is 76.5 cm³/mol. The number of aryl methyl sites for hydroxylation is 1. The monoisotopic (exact) mass is 292 g/mol. The van der Waals surface area contributed by atoms with E-state index in [0.717, 1.165) is 11.1 Å². The molecule has 0 aromatic heterocycles. The molecule has 1 saturated heterocycles. The summed E-state index contributed by atoms with van der Waals surface area (Å²) in [5, 5.41) is 20.1. The molecular weight excluding hydrogens is 272 g/mol. The Morgan fingerprint density at radius 1 is 1.33 bits per heavy atom. The minimum absolute atomic E-state index is 0.0207. The molecule has 0 amide bonds. The van der Waals surface area contributed by atoms with Crippen molar-refractivity contribution in [1.29, 1.82) is 0 Å². The zero-order valence-corrected chi connectivity index (χ0v) is 12.4. The maximum Gasteiger partial charge on any atom is 0.239 e. The molecule has 21 heavy (non-hydrogen) atoms. The van der Waals surface area contributed by atoms with E-state index >= 15 is 0 Å². The van der Waals surface area contributed by atoms with Gasteiger partial charge in [0.05, 0.1) is 6.61 Å². The third kappa shape index (κ3) is 2.03. The SMILES string of the molecule is Cc1cc(O)c(=O)cc2c1C[C@@H](C)[C@]1(OC[C@@H](C)[C@H]1O)O2.